The molecular formula is C12H19NO3. The molecule has 4 nitrogen and oxygen atoms in total. The van der Waals surface area contributed by atoms with Crippen molar-refractivity contribution in [3.8, 4) is 5.75 Å². The molecule has 0 amide bonds. The number of phenolic OH excluding ortho intramolecular Hbond substituents is 1. The zero-order valence-electron chi connectivity index (χ0n) is 9.68. The lowest BCUT2D eigenvalue weighted by Gasteiger charge is -2.21. The summed E-state index contributed by atoms with van der Waals surface area (Å²) < 4.78 is 4.98. The van der Waals surface area contributed by atoms with Gasteiger partial charge in [-0.1, -0.05) is 18.2 Å². The smallest absolute Gasteiger partial charge is 0.120 e. The minimum atomic E-state index is -0.125. The van der Waals surface area contributed by atoms with Crippen LogP contribution < -0.4 is 5.32 Å². The van der Waals surface area contributed by atoms with Gasteiger partial charge >= 0.3 is 0 Å². The third-order valence-electron chi connectivity index (χ3n) is 2.48. The van der Waals surface area contributed by atoms with Crippen molar-refractivity contribution < 1.29 is 14.9 Å². The predicted molar refractivity (Wildman–Crippen MR) is 62.4 cm³/mol. The fraction of sp³-hybridized carbons (Fsp3) is 0.500. The van der Waals surface area contributed by atoms with Crippen molar-refractivity contribution >= 4 is 0 Å². The number of nitrogens with one attached hydrogen (secondary N) is 1. The number of benzene rings is 1. The molecule has 16 heavy (non-hydrogen) atoms. The fourth-order valence-electron chi connectivity index (χ4n) is 1.65. The monoisotopic (exact) mass is 225 g/mol. The third-order valence-corrected chi connectivity index (χ3v) is 2.48. The molecule has 0 aromatic heterocycles. The summed E-state index contributed by atoms with van der Waals surface area (Å²) >= 11 is 0. The molecule has 0 saturated carbocycles. The first-order valence-electron chi connectivity index (χ1n) is 5.32. The summed E-state index contributed by atoms with van der Waals surface area (Å²) in [6.07, 6.45) is 0. The Bertz CT molecular complexity index is 317. The van der Waals surface area contributed by atoms with E-state index < -0.39 is 0 Å². The van der Waals surface area contributed by atoms with Crippen molar-refractivity contribution in [3.05, 3.63) is 29.8 Å². The van der Waals surface area contributed by atoms with E-state index in [2.05, 4.69) is 5.32 Å². The average Bonchev–Trinajstić information content (AvgIpc) is 2.28. The first-order chi connectivity index (χ1) is 7.69. The van der Waals surface area contributed by atoms with Gasteiger partial charge in [-0.15, -0.1) is 0 Å². The Balaban J connectivity index is 2.64. The van der Waals surface area contributed by atoms with Crippen molar-refractivity contribution in [1.29, 1.82) is 0 Å². The number of aliphatic hydroxyl groups excluding tert-OH is 1. The minimum absolute atomic E-state index is 0.00573. The largest absolute Gasteiger partial charge is 0.508 e. The molecule has 2 unspecified atom stereocenters. The summed E-state index contributed by atoms with van der Waals surface area (Å²) in [7, 11) is 1.59. The van der Waals surface area contributed by atoms with E-state index in [0.29, 0.717) is 6.61 Å². The second-order valence-corrected chi connectivity index (χ2v) is 3.78. The molecule has 4 heteroatoms. The minimum Gasteiger partial charge on any atom is -0.508 e. The molecule has 0 fully saturated rings. The van der Waals surface area contributed by atoms with Crippen LogP contribution in [-0.2, 0) is 4.74 Å². The van der Waals surface area contributed by atoms with Crippen LogP contribution in [0.15, 0.2) is 24.3 Å². The summed E-state index contributed by atoms with van der Waals surface area (Å²) in [5.41, 5.74) is 0.817. The second kappa shape index (κ2) is 6.48. The third kappa shape index (κ3) is 3.48. The topological polar surface area (TPSA) is 61.7 Å². The van der Waals surface area contributed by atoms with E-state index in [0.717, 1.165) is 5.56 Å². The Morgan fingerprint density at radius 2 is 2.06 bits per heavy atom. The molecule has 1 aromatic carbocycles. The maximum atomic E-state index is 9.66. The molecule has 0 heterocycles. The molecule has 0 aliphatic heterocycles. The van der Waals surface area contributed by atoms with Gasteiger partial charge < -0.3 is 20.3 Å². The maximum absolute atomic E-state index is 9.66. The summed E-state index contributed by atoms with van der Waals surface area (Å²) in [6.45, 7) is 2.38. The summed E-state index contributed by atoms with van der Waals surface area (Å²) in [5, 5.41) is 22.0. The van der Waals surface area contributed by atoms with Crippen LogP contribution in [-0.4, -0.2) is 36.6 Å². The van der Waals surface area contributed by atoms with Crippen molar-refractivity contribution in [1.82, 2.24) is 5.32 Å². The first-order valence-corrected chi connectivity index (χ1v) is 5.32. The lowest BCUT2D eigenvalue weighted by atomic mass is 10.1. The van der Waals surface area contributed by atoms with Gasteiger partial charge in [0, 0.05) is 18.7 Å². The van der Waals surface area contributed by atoms with E-state index in [4.69, 9.17) is 9.84 Å². The van der Waals surface area contributed by atoms with Gasteiger partial charge in [0.15, 0.2) is 0 Å². The van der Waals surface area contributed by atoms with Crippen molar-refractivity contribution in [2.24, 2.45) is 0 Å². The van der Waals surface area contributed by atoms with E-state index in [9.17, 15) is 5.11 Å². The van der Waals surface area contributed by atoms with E-state index in [-0.39, 0.29) is 24.4 Å². The van der Waals surface area contributed by atoms with Crippen LogP contribution in [0.4, 0.5) is 0 Å². The number of methoxy groups -OCH3 is 1. The molecular weight excluding hydrogens is 206 g/mol. The molecule has 1 rings (SSSR count). The summed E-state index contributed by atoms with van der Waals surface area (Å²) in [4.78, 5) is 0. The van der Waals surface area contributed by atoms with Crippen LogP contribution in [0.1, 0.15) is 18.5 Å². The molecule has 1 aromatic rings. The number of aromatic hydroxyl groups is 1. The van der Waals surface area contributed by atoms with Crippen LogP contribution in [0.5, 0.6) is 5.75 Å². The predicted octanol–water partition coefficient (Wildman–Crippen LogP) is 1.05. The van der Waals surface area contributed by atoms with Gasteiger partial charge in [-0.2, -0.15) is 0 Å². The Morgan fingerprint density at radius 3 is 2.62 bits per heavy atom. The van der Waals surface area contributed by atoms with E-state index in [1.54, 1.807) is 19.2 Å². The van der Waals surface area contributed by atoms with Gasteiger partial charge in [-0.05, 0) is 13.0 Å². The lowest BCUT2D eigenvalue weighted by molar-refractivity contribution is 0.123. The van der Waals surface area contributed by atoms with Crippen molar-refractivity contribution in [3.63, 3.8) is 0 Å². The first kappa shape index (κ1) is 13.0. The fourth-order valence-corrected chi connectivity index (χ4v) is 1.65. The molecule has 3 N–H and O–H groups in total. The molecule has 0 spiro atoms. The van der Waals surface area contributed by atoms with E-state index in [1.165, 1.54) is 0 Å². The average molecular weight is 225 g/mol. The second-order valence-electron chi connectivity index (χ2n) is 3.78. The summed E-state index contributed by atoms with van der Waals surface area (Å²) in [6, 6.07) is 7.00. The molecule has 2 atom stereocenters. The number of hydrogen-bond donors (Lipinski definition) is 3. The Morgan fingerprint density at radius 1 is 1.38 bits per heavy atom. The molecule has 0 saturated heterocycles. The summed E-state index contributed by atoms with van der Waals surface area (Å²) in [5.74, 6) is 0.261. The van der Waals surface area contributed by atoms with Crippen molar-refractivity contribution in [2.75, 3.05) is 20.3 Å². The normalized spacial score (nSPS) is 14.7. The Hall–Kier alpha value is -1.10. The highest BCUT2D eigenvalue weighted by molar-refractivity contribution is 5.34. The number of para-hydroxylation sites is 1. The highest BCUT2D eigenvalue weighted by Gasteiger charge is 2.14. The van der Waals surface area contributed by atoms with Gasteiger partial charge in [0.1, 0.15) is 5.75 Å². The Kier molecular flexibility index (Phi) is 5.25. The van der Waals surface area contributed by atoms with Crippen LogP contribution in [0.2, 0.25) is 0 Å². The number of rotatable bonds is 6. The van der Waals surface area contributed by atoms with Crippen LogP contribution in [0.25, 0.3) is 0 Å². The number of phenols is 1. The molecule has 0 radical (unpaired) electrons. The zero-order valence-corrected chi connectivity index (χ0v) is 9.68. The van der Waals surface area contributed by atoms with Gasteiger partial charge in [0.25, 0.3) is 0 Å². The van der Waals surface area contributed by atoms with Crippen molar-refractivity contribution in [2.45, 2.75) is 19.0 Å². The maximum Gasteiger partial charge on any atom is 0.120 e. The highest BCUT2D eigenvalue weighted by Crippen LogP contribution is 2.23. The van der Waals surface area contributed by atoms with Gasteiger partial charge in [0.05, 0.1) is 19.3 Å². The van der Waals surface area contributed by atoms with Crippen LogP contribution in [0, 0.1) is 0 Å². The quantitative estimate of drug-likeness (QED) is 0.677. The molecule has 0 aliphatic carbocycles. The molecule has 0 bridgehead atoms. The van der Waals surface area contributed by atoms with Gasteiger partial charge in [-0.25, -0.2) is 0 Å². The van der Waals surface area contributed by atoms with Crippen LogP contribution >= 0.6 is 0 Å². The molecule has 90 valence electrons. The number of ether oxygens (including phenoxy) is 1. The zero-order chi connectivity index (χ0) is 12.0. The lowest BCUT2D eigenvalue weighted by Crippen LogP contribution is -2.38. The molecule has 0 aliphatic rings. The number of hydrogen-bond acceptors (Lipinski definition) is 4. The van der Waals surface area contributed by atoms with E-state index in [1.807, 2.05) is 19.1 Å². The SMILES string of the molecule is COCC(CO)NC(C)c1ccccc1O. The highest BCUT2D eigenvalue weighted by atomic mass is 16.5. The number of aliphatic hydroxyl groups is 1. The van der Waals surface area contributed by atoms with Crippen LogP contribution in [0.3, 0.4) is 0 Å². The Labute approximate surface area is 95.9 Å². The van der Waals surface area contributed by atoms with Gasteiger partial charge in [0.2, 0.25) is 0 Å². The standard InChI is InChI=1S/C12H19NO3/c1-9(13-10(7-14)8-16-2)11-5-3-4-6-12(11)15/h3-6,9-10,13-15H,7-8H2,1-2H3. The van der Waals surface area contributed by atoms with E-state index >= 15 is 0 Å². The van der Waals surface area contributed by atoms with Gasteiger partial charge in [-0.3, -0.25) is 0 Å².